The fourth-order valence-electron chi connectivity index (χ4n) is 8.41. The van der Waals surface area contributed by atoms with Crippen molar-refractivity contribution in [3.63, 3.8) is 0 Å². The normalized spacial score (nSPS) is 30.3. The Hall–Kier alpha value is -4.21. The van der Waals surface area contributed by atoms with E-state index >= 15 is 9.18 Å². The topological polar surface area (TPSA) is 158 Å². The second-order valence-electron chi connectivity index (χ2n) is 17.9. The van der Waals surface area contributed by atoms with Crippen molar-refractivity contribution in [3.8, 4) is 11.6 Å². The van der Waals surface area contributed by atoms with Crippen LogP contribution in [0.15, 0.2) is 36.5 Å². The molecule has 1 N–H and O–H groups in total. The van der Waals surface area contributed by atoms with Crippen LogP contribution in [0.5, 0.6) is 11.6 Å². The zero-order valence-electron chi connectivity index (χ0n) is 37.3. The minimum absolute atomic E-state index is 0.0183. The number of carbonyl (C=O) groups excluding carboxylic acids is 4. The number of nitrogens with zero attached hydrogens (tertiary/aromatic N) is 2. The van der Waals surface area contributed by atoms with Gasteiger partial charge in [0.15, 0.2) is 23.0 Å². The third-order valence-corrected chi connectivity index (χ3v) is 15.3. The van der Waals surface area contributed by atoms with E-state index in [1.165, 1.54) is 23.2 Å². The van der Waals surface area contributed by atoms with Gasteiger partial charge in [-0.05, 0) is 101 Å². The molecule has 3 heterocycles. The maximum atomic E-state index is 15.2. The number of ketones is 1. The zero-order valence-corrected chi connectivity index (χ0v) is 35.1. The Balaban J connectivity index is 1.38. The highest BCUT2D eigenvalue weighted by Crippen LogP contribution is 2.58. The first kappa shape index (κ1) is 40.2. The molecule has 16 heteroatoms. The first-order valence-electron chi connectivity index (χ1n) is 21.8. The van der Waals surface area contributed by atoms with Crippen LogP contribution in [0.1, 0.15) is 110 Å². The summed E-state index contributed by atoms with van der Waals surface area (Å²) in [6.45, 7) is 7.95. The lowest BCUT2D eigenvalue weighted by Crippen LogP contribution is -2.49. The second-order valence-corrected chi connectivity index (χ2v) is 20.1. The van der Waals surface area contributed by atoms with E-state index < -0.39 is 117 Å². The number of hydrogen-bond donors (Lipinski definition) is 1. The summed E-state index contributed by atoms with van der Waals surface area (Å²) >= 11 is 0. The van der Waals surface area contributed by atoms with E-state index in [0.717, 1.165) is 19.9 Å². The van der Waals surface area contributed by atoms with Crippen molar-refractivity contribution in [3.05, 3.63) is 42.4 Å². The Morgan fingerprint density at radius 2 is 1.88 bits per heavy atom. The number of aromatic nitrogens is 1. The molecular weight excluding hydrogens is 792 g/mol. The lowest BCUT2D eigenvalue weighted by Gasteiger charge is -2.35. The molecule has 7 atom stereocenters. The number of carbonyl (C=O) groups is 4. The third-order valence-electron chi connectivity index (χ3n) is 13.1. The fourth-order valence-corrected chi connectivity index (χ4v) is 9.75. The molecule has 324 valence electrons. The van der Waals surface area contributed by atoms with Crippen LogP contribution in [0.4, 0.5) is 13.2 Å². The molecule has 0 unspecified atom stereocenters. The Morgan fingerprint density at radius 1 is 1.15 bits per heavy atom. The average Bonchev–Trinajstić information content (AvgIpc) is 4.04. The van der Waals surface area contributed by atoms with E-state index in [-0.39, 0.29) is 36.6 Å². The predicted molar refractivity (Wildman–Crippen MR) is 212 cm³/mol. The van der Waals surface area contributed by atoms with Crippen LogP contribution in [-0.2, 0) is 33.9 Å². The van der Waals surface area contributed by atoms with Gasteiger partial charge in [0.1, 0.15) is 6.10 Å². The molecular formula is C43H56F3N3O9S. The number of fused-ring (bicyclic) bond motifs is 3. The number of halogens is 3. The maximum absolute atomic E-state index is 15.2. The number of hydrogen-bond acceptors (Lipinski definition) is 10. The number of esters is 1. The number of benzene rings is 1. The van der Waals surface area contributed by atoms with Gasteiger partial charge in [0.25, 0.3) is 5.92 Å². The number of ether oxygens (including phenoxy) is 3. The largest absolute Gasteiger partial charge is 0.494 e. The molecule has 1 aromatic carbocycles. The molecule has 2 aromatic rings. The summed E-state index contributed by atoms with van der Waals surface area (Å²) in [6.07, 6.45) is 6.08. The average molecular weight is 851 g/mol. The molecule has 0 radical (unpaired) electrons. The van der Waals surface area contributed by atoms with Gasteiger partial charge in [0.05, 0.1) is 46.2 Å². The Labute approximate surface area is 348 Å². The molecule has 3 fully saturated rings. The van der Waals surface area contributed by atoms with Crippen LogP contribution >= 0.6 is 0 Å². The minimum atomic E-state index is -4.07. The summed E-state index contributed by atoms with van der Waals surface area (Å²) < 4.78 is 111. The van der Waals surface area contributed by atoms with E-state index in [1.807, 2.05) is 26.0 Å². The summed E-state index contributed by atoms with van der Waals surface area (Å²) in [4.78, 5) is 62.9. The Bertz CT molecular complexity index is 2230. The quantitative estimate of drug-likeness (QED) is 0.183. The lowest BCUT2D eigenvalue weighted by molar-refractivity contribution is -0.197. The highest BCUT2D eigenvalue weighted by Gasteiger charge is 2.63. The van der Waals surface area contributed by atoms with E-state index in [4.69, 9.17) is 18.3 Å². The first-order chi connectivity index (χ1) is 28.7. The number of Topliss-reactive ketones (excluding diaryl/α,β-unsaturated/α-hetero) is 1. The van der Waals surface area contributed by atoms with Gasteiger partial charge in [0.2, 0.25) is 27.7 Å². The second kappa shape index (κ2) is 16.3. The van der Waals surface area contributed by atoms with Crippen molar-refractivity contribution in [1.82, 2.24) is 14.6 Å². The third kappa shape index (κ3) is 9.12. The summed E-state index contributed by atoms with van der Waals surface area (Å²) in [5, 5.41) is 0.445. The molecule has 59 heavy (non-hydrogen) atoms. The number of alkyl halides is 2. The molecule has 1 saturated heterocycles. The summed E-state index contributed by atoms with van der Waals surface area (Å²) in [5.74, 6) is -10.1. The minimum Gasteiger partial charge on any atom is -0.494 e. The number of pyridine rings is 1. The molecule has 1 aromatic heterocycles. The number of amides is 2. The first-order valence-corrected chi connectivity index (χ1v) is 21.8. The van der Waals surface area contributed by atoms with Crippen molar-refractivity contribution in [2.24, 2.45) is 29.1 Å². The molecule has 6 rings (SSSR count). The highest BCUT2D eigenvalue weighted by molar-refractivity contribution is 7.91. The SMILES string of the molecule is [2H]C([2H])([2H])Oc1cc2ccnc(O[C@@H]3C[C@H]4C(=O)C[C@]5(C(=O)NS(=O)(=O)C6(C)CC6)C[C@H]5/C=C\CC[C@H](C)C[C@@H](CC)[C@H](CC(=O)OC(C)(C)C(C)(F)F)C(=O)N4C3)c2cc1F. The van der Waals surface area contributed by atoms with E-state index in [0.29, 0.717) is 50.8 Å². The monoisotopic (exact) mass is 850 g/mol. The van der Waals surface area contributed by atoms with Gasteiger partial charge in [-0.2, -0.15) is 0 Å². The molecule has 2 aliphatic carbocycles. The number of nitrogens with one attached hydrogen (secondary N) is 1. The van der Waals surface area contributed by atoms with Crippen LogP contribution in [-0.4, -0.2) is 83.9 Å². The smallest absolute Gasteiger partial charge is 0.307 e. The predicted octanol–water partition coefficient (Wildman–Crippen LogP) is 7.08. The lowest BCUT2D eigenvalue weighted by atomic mass is 9.79. The van der Waals surface area contributed by atoms with Crippen molar-refractivity contribution < 1.29 is 59.1 Å². The van der Waals surface area contributed by atoms with Crippen molar-refractivity contribution in [1.29, 1.82) is 0 Å². The fraction of sp³-hybridized carbons (Fsp3) is 0.651. The number of sulfonamides is 1. The van der Waals surface area contributed by atoms with Crippen LogP contribution in [0, 0.1) is 34.9 Å². The molecule has 2 aliphatic heterocycles. The van der Waals surface area contributed by atoms with Gasteiger partial charge in [-0.15, -0.1) is 0 Å². The van der Waals surface area contributed by atoms with Crippen molar-refractivity contribution in [2.75, 3.05) is 13.6 Å². The summed E-state index contributed by atoms with van der Waals surface area (Å²) in [7, 11) is -7.00. The van der Waals surface area contributed by atoms with Gasteiger partial charge in [-0.3, -0.25) is 23.9 Å². The molecule has 2 saturated carbocycles. The number of rotatable bonds is 11. The van der Waals surface area contributed by atoms with Crippen molar-refractivity contribution in [2.45, 2.75) is 134 Å². The number of methoxy groups -OCH3 is 1. The van der Waals surface area contributed by atoms with Gasteiger partial charge >= 0.3 is 5.97 Å². The summed E-state index contributed by atoms with van der Waals surface area (Å²) in [5.41, 5.74) is -3.63. The molecule has 0 spiro atoms. The number of allylic oxidation sites excluding steroid dienone is 2. The van der Waals surface area contributed by atoms with E-state index in [1.54, 1.807) is 6.92 Å². The zero-order chi connectivity index (χ0) is 45.8. The van der Waals surface area contributed by atoms with Crippen LogP contribution in [0.25, 0.3) is 10.8 Å². The molecule has 2 amide bonds. The molecule has 12 nitrogen and oxygen atoms in total. The Kier molecular flexibility index (Phi) is 11.1. The van der Waals surface area contributed by atoms with Crippen LogP contribution in [0.3, 0.4) is 0 Å². The van der Waals surface area contributed by atoms with Crippen molar-refractivity contribution >= 4 is 44.4 Å². The Morgan fingerprint density at radius 3 is 2.54 bits per heavy atom. The van der Waals surface area contributed by atoms with E-state index in [2.05, 4.69) is 9.71 Å². The van der Waals surface area contributed by atoms with Crippen LogP contribution < -0.4 is 14.2 Å². The molecule has 0 bridgehead atoms. The van der Waals surface area contributed by atoms with E-state index in [9.17, 15) is 31.6 Å². The van der Waals surface area contributed by atoms with Gasteiger partial charge in [0, 0.05) is 31.3 Å². The van der Waals surface area contributed by atoms with Crippen LogP contribution in [0.2, 0.25) is 0 Å². The summed E-state index contributed by atoms with van der Waals surface area (Å²) in [6, 6.07) is 2.41. The van der Waals surface area contributed by atoms with Gasteiger partial charge in [-0.25, -0.2) is 26.6 Å². The maximum Gasteiger partial charge on any atom is 0.307 e. The van der Waals surface area contributed by atoms with Gasteiger partial charge in [-0.1, -0.05) is 32.4 Å². The highest BCUT2D eigenvalue weighted by atomic mass is 32.2. The standard InChI is InChI=1S/C43H56F3N3O9S/c1-8-26-17-25(2)11-9-10-12-28-22-43(28,39(53)48-59(54,55)41(5)14-15-41)23-34(50)33-19-29(57-37-30-20-32(44)35(56-7)18-27(30)13-16-47-37)24-49(33)38(52)31(26)21-36(51)58-40(3,4)42(6,45)46/h10,12-13,16,18,20,25-26,28-29,31,33H,8-9,11,14-15,17,19,21-24H2,1-7H3,(H,48,53)/b12-10-/t25-,26+,28+,29+,31-,33-,43+/m0/s1/i7D3. The molecule has 4 aliphatic rings. The van der Waals surface area contributed by atoms with Gasteiger partial charge < -0.3 is 19.1 Å².